The SMILES string of the molecule is O=C(C1=C(c2ccccc2)C1c1ccccc1)C1=C(c2ccccc2)C1c1ccccc1. The van der Waals surface area contributed by atoms with E-state index in [0.29, 0.717) is 0 Å². The third kappa shape index (κ3) is 3.14. The molecule has 1 heteroatoms. The van der Waals surface area contributed by atoms with Crippen LogP contribution in [-0.2, 0) is 4.79 Å². The van der Waals surface area contributed by atoms with E-state index in [1.165, 1.54) is 22.3 Å². The fourth-order valence-electron chi connectivity index (χ4n) is 4.93. The minimum atomic E-state index is 0.0765. The predicted octanol–water partition coefficient (Wildman–Crippen LogP) is 7.06. The summed E-state index contributed by atoms with van der Waals surface area (Å²) in [7, 11) is 0. The van der Waals surface area contributed by atoms with Gasteiger partial charge in [-0.1, -0.05) is 121 Å². The normalized spacial score (nSPS) is 19.1. The summed E-state index contributed by atoms with van der Waals surface area (Å²) in [4.78, 5) is 14.0. The zero-order chi connectivity index (χ0) is 21.5. The Balaban J connectivity index is 1.44. The smallest absolute Gasteiger partial charge is 0.187 e. The first-order chi connectivity index (χ1) is 15.8. The van der Waals surface area contributed by atoms with E-state index >= 15 is 0 Å². The molecule has 32 heavy (non-hydrogen) atoms. The highest BCUT2D eigenvalue weighted by atomic mass is 16.1. The summed E-state index contributed by atoms with van der Waals surface area (Å²) in [5.41, 5.74) is 8.89. The van der Waals surface area contributed by atoms with Gasteiger partial charge in [0, 0.05) is 23.0 Å². The molecule has 0 saturated carbocycles. The maximum Gasteiger partial charge on any atom is 0.187 e. The van der Waals surface area contributed by atoms with Crippen LogP contribution in [0.2, 0.25) is 0 Å². The molecule has 1 nitrogen and oxygen atoms in total. The number of Topliss-reactive ketones (excluding diaryl/α,β-unsaturated/α-hetero) is 1. The van der Waals surface area contributed by atoms with Crippen LogP contribution in [0.4, 0.5) is 0 Å². The fraction of sp³-hybridized carbons (Fsp3) is 0.0645. The van der Waals surface area contributed by atoms with Gasteiger partial charge in [0.2, 0.25) is 0 Å². The molecule has 0 N–H and O–H groups in total. The molecular weight excluding hydrogens is 388 g/mol. The van der Waals surface area contributed by atoms with E-state index in [1.807, 2.05) is 48.5 Å². The van der Waals surface area contributed by atoms with Gasteiger partial charge in [-0.15, -0.1) is 0 Å². The third-order valence-electron chi connectivity index (χ3n) is 6.49. The third-order valence-corrected chi connectivity index (χ3v) is 6.49. The van der Waals surface area contributed by atoms with E-state index in [0.717, 1.165) is 22.3 Å². The summed E-state index contributed by atoms with van der Waals surface area (Å²) >= 11 is 0. The van der Waals surface area contributed by atoms with Crippen LogP contribution in [0.1, 0.15) is 34.1 Å². The van der Waals surface area contributed by atoms with E-state index in [9.17, 15) is 4.79 Å². The predicted molar refractivity (Wildman–Crippen MR) is 130 cm³/mol. The number of hydrogen-bond acceptors (Lipinski definition) is 1. The summed E-state index contributed by atoms with van der Waals surface area (Å²) < 4.78 is 0. The Morgan fingerprint density at radius 2 is 0.750 bits per heavy atom. The van der Waals surface area contributed by atoms with Crippen LogP contribution in [-0.4, -0.2) is 5.78 Å². The molecule has 0 aromatic heterocycles. The zero-order valence-electron chi connectivity index (χ0n) is 17.6. The monoisotopic (exact) mass is 410 g/mol. The summed E-state index contributed by atoms with van der Waals surface area (Å²) in [6, 6.07) is 41.4. The first-order valence-corrected chi connectivity index (χ1v) is 11.1. The van der Waals surface area contributed by atoms with Gasteiger partial charge in [-0.3, -0.25) is 4.79 Å². The highest BCUT2D eigenvalue weighted by Gasteiger charge is 2.50. The summed E-state index contributed by atoms with van der Waals surface area (Å²) in [6.45, 7) is 0. The number of carbonyl (C=O) groups is 1. The lowest BCUT2D eigenvalue weighted by Gasteiger charge is -2.03. The van der Waals surface area contributed by atoms with Gasteiger partial charge < -0.3 is 0 Å². The minimum Gasteiger partial charge on any atom is -0.289 e. The minimum absolute atomic E-state index is 0.0765. The van der Waals surface area contributed by atoms with Crippen LogP contribution in [0, 0.1) is 0 Å². The summed E-state index contributed by atoms with van der Waals surface area (Å²) in [5, 5.41) is 0. The van der Waals surface area contributed by atoms with Gasteiger partial charge in [0.15, 0.2) is 5.78 Å². The van der Waals surface area contributed by atoms with Crippen LogP contribution in [0.15, 0.2) is 132 Å². The molecule has 2 aliphatic carbocycles. The average molecular weight is 411 g/mol. The van der Waals surface area contributed by atoms with Crippen molar-refractivity contribution in [1.82, 2.24) is 0 Å². The Kier molecular flexibility index (Phi) is 4.47. The molecule has 2 atom stereocenters. The Hall–Kier alpha value is -3.97. The lowest BCUT2D eigenvalue weighted by atomic mass is 10.00. The van der Waals surface area contributed by atoms with Gasteiger partial charge in [-0.05, 0) is 33.4 Å². The number of allylic oxidation sites excluding steroid dienone is 4. The van der Waals surface area contributed by atoms with E-state index in [4.69, 9.17) is 0 Å². The van der Waals surface area contributed by atoms with Crippen molar-refractivity contribution < 1.29 is 4.79 Å². The standard InChI is InChI=1S/C31H22O/c32-31(29-25(21-13-5-1-6-14-21)26(29)22-15-7-2-8-16-22)30-27(23-17-9-3-10-18-23)28(30)24-19-11-4-12-20-24/h1-20,25,27H. The lowest BCUT2D eigenvalue weighted by Crippen LogP contribution is -1.98. The molecule has 0 saturated heterocycles. The van der Waals surface area contributed by atoms with Gasteiger partial charge in [-0.2, -0.15) is 0 Å². The van der Waals surface area contributed by atoms with Gasteiger partial charge in [-0.25, -0.2) is 0 Å². The summed E-state index contributed by atoms with van der Waals surface area (Å²) in [5.74, 6) is 0.353. The Morgan fingerprint density at radius 1 is 0.438 bits per heavy atom. The lowest BCUT2D eigenvalue weighted by molar-refractivity contribution is -0.111. The maximum atomic E-state index is 14.0. The number of carbonyl (C=O) groups excluding carboxylic acids is 1. The van der Waals surface area contributed by atoms with Crippen LogP contribution < -0.4 is 0 Å². The van der Waals surface area contributed by atoms with Crippen molar-refractivity contribution in [2.24, 2.45) is 0 Å². The Labute approximate surface area is 188 Å². The van der Waals surface area contributed by atoms with E-state index < -0.39 is 0 Å². The first kappa shape index (κ1) is 18.8. The van der Waals surface area contributed by atoms with E-state index in [2.05, 4.69) is 72.8 Å². The molecule has 6 rings (SSSR count). The quantitative estimate of drug-likeness (QED) is 0.333. The van der Waals surface area contributed by atoms with Crippen molar-refractivity contribution in [1.29, 1.82) is 0 Å². The molecule has 2 aliphatic rings. The first-order valence-electron chi connectivity index (χ1n) is 11.1. The second-order valence-electron chi connectivity index (χ2n) is 8.40. The molecule has 2 unspecified atom stereocenters. The van der Waals surface area contributed by atoms with Gasteiger partial charge >= 0.3 is 0 Å². The number of rotatable bonds is 6. The Bertz CT molecular complexity index is 1240. The van der Waals surface area contributed by atoms with E-state index in [1.54, 1.807) is 0 Å². The van der Waals surface area contributed by atoms with Crippen molar-refractivity contribution in [2.75, 3.05) is 0 Å². The molecule has 0 spiro atoms. The molecule has 0 bridgehead atoms. The highest BCUT2D eigenvalue weighted by Crippen LogP contribution is 2.61. The molecule has 0 radical (unpaired) electrons. The van der Waals surface area contributed by atoms with Crippen LogP contribution >= 0.6 is 0 Å². The Morgan fingerprint density at radius 3 is 1.09 bits per heavy atom. The van der Waals surface area contributed by atoms with Gasteiger partial charge in [0.1, 0.15) is 0 Å². The molecule has 0 amide bonds. The highest BCUT2D eigenvalue weighted by molar-refractivity contribution is 6.30. The van der Waals surface area contributed by atoms with Crippen molar-refractivity contribution in [3.8, 4) is 0 Å². The van der Waals surface area contributed by atoms with Crippen molar-refractivity contribution in [3.05, 3.63) is 155 Å². The van der Waals surface area contributed by atoms with Crippen molar-refractivity contribution in [3.63, 3.8) is 0 Å². The fourth-order valence-corrected chi connectivity index (χ4v) is 4.93. The second-order valence-corrected chi connectivity index (χ2v) is 8.40. The van der Waals surface area contributed by atoms with Crippen LogP contribution in [0.25, 0.3) is 11.1 Å². The summed E-state index contributed by atoms with van der Waals surface area (Å²) in [6.07, 6.45) is 0. The largest absolute Gasteiger partial charge is 0.289 e. The van der Waals surface area contributed by atoms with E-state index in [-0.39, 0.29) is 17.6 Å². The molecule has 0 aliphatic heterocycles. The number of ketones is 1. The topological polar surface area (TPSA) is 17.1 Å². The van der Waals surface area contributed by atoms with Crippen LogP contribution in [0.3, 0.4) is 0 Å². The number of benzene rings is 4. The molecule has 4 aromatic carbocycles. The van der Waals surface area contributed by atoms with Crippen LogP contribution in [0.5, 0.6) is 0 Å². The molecule has 4 aromatic rings. The van der Waals surface area contributed by atoms with Gasteiger partial charge in [0.05, 0.1) is 0 Å². The molecule has 0 heterocycles. The molecule has 152 valence electrons. The second kappa shape index (κ2) is 7.62. The number of hydrogen-bond donors (Lipinski definition) is 0. The average Bonchev–Trinajstić information content (AvgIpc) is 3.79. The van der Waals surface area contributed by atoms with Crippen molar-refractivity contribution >= 4 is 16.9 Å². The zero-order valence-corrected chi connectivity index (χ0v) is 17.6. The van der Waals surface area contributed by atoms with Gasteiger partial charge in [0.25, 0.3) is 0 Å². The molecular formula is C31H22O. The van der Waals surface area contributed by atoms with Crippen molar-refractivity contribution in [2.45, 2.75) is 11.8 Å². The molecule has 0 fully saturated rings. The maximum absolute atomic E-state index is 14.0.